The molecule has 3 aromatic carbocycles. The maximum atomic E-state index is 12.2. The first kappa shape index (κ1) is 22.4. The van der Waals surface area contributed by atoms with Gasteiger partial charge in [-0.15, -0.1) is 0 Å². The van der Waals surface area contributed by atoms with Crippen molar-refractivity contribution in [3.63, 3.8) is 0 Å². The zero-order chi connectivity index (χ0) is 22.8. The Morgan fingerprint density at radius 3 is 1.91 bits per heavy atom. The van der Waals surface area contributed by atoms with Crippen molar-refractivity contribution in [3.8, 4) is 23.0 Å². The summed E-state index contributed by atoms with van der Waals surface area (Å²) in [6.07, 6.45) is 1.47. The average molecular weight is 434 g/mol. The monoisotopic (exact) mass is 434 g/mol. The van der Waals surface area contributed by atoms with Crippen LogP contribution >= 0.6 is 0 Å². The fourth-order valence-electron chi connectivity index (χ4n) is 2.55. The van der Waals surface area contributed by atoms with Crippen molar-refractivity contribution >= 4 is 18.1 Å². The van der Waals surface area contributed by atoms with E-state index in [1.54, 1.807) is 87.0 Å². The number of nitrogens with zero attached hydrogens (tertiary/aromatic N) is 1. The molecule has 1 N–H and O–H groups in total. The molecule has 3 aromatic rings. The summed E-state index contributed by atoms with van der Waals surface area (Å²) in [6.45, 7) is -0.177. The van der Waals surface area contributed by atoms with Crippen LogP contribution in [0, 0.1) is 0 Å². The van der Waals surface area contributed by atoms with Gasteiger partial charge in [-0.05, 0) is 78.4 Å². The maximum absolute atomic E-state index is 12.2. The number of hydrogen-bond donors (Lipinski definition) is 1. The fraction of sp³-hybridized carbons (Fsp3) is 0.125. The van der Waals surface area contributed by atoms with Crippen molar-refractivity contribution in [2.24, 2.45) is 5.10 Å². The number of hydrazone groups is 1. The Morgan fingerprint density at radius 1 is 0.781 bits per heavy atom. The van der Waals surface area contributed by atoms with E-state index in [9.17, 15) is 9.59 Å². The zero-order valence-electron chi connectivity index (χ0n) is 17.6. The highest BCUT2D eigenvalue weighted by molar-refractivity contribution is 5.91. The number of ether oxygens (including phenoxy) is 4. The Hall–Kier alpha value is -4.33. The summed E-state index contributed by atoms with van der Waals surface area (Å²) in [5, 5.41) is 3.89. The van der Waals surface area contributed by atoms with Crippen LogP contribution in [0.2, 0.25) is 0 Å². The molecule has 0 fully saturated rings. The SMILES string of the molecule is COc1ccc(OCC(=O)N/N=C\c2ccc(OC(=O)c3ccc(OC)cc3)cc2)cc1. The molecular weight excluding hydrogens is 412 g/mol. The summed E-state index contributed by atoms with van der Waals surface area (Å²) in [4.78, 5) is 24.0. The van der Waals surface area contributed by atoms with E-state index in [2.05, 4.69) is 10.5 Å². The third kappa shape index (κ3) is 6.60. The summed E-state index contributed by atoms with van der Waals surface area (Å²) < 4.78 is 20.8. The smallest absolute Gasteiger partial charge is 0.343 e. The molecule has 0 bridgehead atoms. The molecule has 0 saturated heterocycles. The summed E-state index contributed by atoms with van der Waals surface area (Å²) in [6, 6.07) is 20.2. The van der Waals surface area contributed by atoms with Gasteiger partial charge in [0.05, 0.1) is 26.0 Å². The topological polar surface area (TPSA) is 95.5 Å². The number of hydrogen-bond acceptors (Lipinski definition) is 7. The van der Waals surface area contributed by atoms with Gasteiger partial charge in [0, 0.05) is 0 Å². The van der Waals surface area contributed by atoms with Crippen LogP contribution in [0.1, 0.15) is 15.9 Å². The van der Waals surface area contributed by atoms with Gasteiger partial charge < -0.3 is 18.9 Å². The van der Waals surface area contributed by atoms with Crippen LogP contribution in [-0.2, 0) is 4.79 Å². The molecule has 0 unspecified atom stereocenters. The van der Waals surface area contributed by atoms with E-state index in [1.165, 1.54) is 6.21 Å². The Balaban J connectivity index is 1.44. The van der Waals surface area contributed by atoms with Crippen LogP contribution in [-0.4, -0.2) is 38.9 Å². The molecule has 164 valence electrons. The van der Waals surface area contributed by atoms with Gasteiger partial charge in [0.2, 0.25) is 0 Å². The van der Waals surface area contributed by atoms with E-state index in [0.717, 1.165) is 0 Å². The Labute approximate surface area is 185 Å². The normalized spacial score (nSPS) is 10.4. The second-order valence-corrected chi connectivity index (χ2v) is 6.44. The van der Waals surface area contributed by atoms with Gasteiger partial charge in [-0.3, -0.25) is 4.79 Å². The zero-order valence-corrected chi connectivity index (χ0v) is 17.6. The van der Waals surface area contributed by atoms with E-state index in [1.807, 2.05) is 0 Å². The second-order valence-electron chi connectivity index (χ2n) is 6.44. The molecule has 0 spiro atoms. The van der Waals surface area contributed by atoms with Gasteiger partial charge in [-0.2, -0.15) is 5.10 Å². The molecule has 3 rings (SSSR count). The van der Waals surface area contributed by atoms with Gasteiger partial charge >= 0.3 is 5.97 Å². The maximum Gasteiger partial charge on any atom is 0.343 e. The van der Waals surface area contributed by atoms with E-state index < -0.39 is 11.9 Å². The molecule has 0 radical (unpaired) electrons. The van der Waals surface area contributed by atoms with Gasteiger partial charge in [0.1, 0.15) is 23.0 Å². The number of carbonyl (C=O) groups is 2. The number of nitrogens with one attached hydrogen (secondary N) is 1. The average Bonchev–Trinajstić information content (AvgIpc) is 2.84. The molecule has 8 nitrogen and oxygen atoms in total. The number of amides is 1. The first-order valence-corrected chi connectivity index (χ1v) is 9.62. The molecule has 0 saturated carbocycles. The van der Waals surface area contributed by atoms with Crippen molar-refractivity contribution in [2.75, 3.05) is 20.8 Å². The van der Waals surface area contributed by atoms with E-state index in [0.29, 0.717) is 34.1 Å². The Kier molecular flexibility index (Phi) is 7.80. The molecule has 0 aliphatic heterocycles. The molecule has 0 aliphatic rings. The van der Waals surface area contributed by atoms with Crippen molar-refractivity contribution in [2.45, 2.75) is 0 Å². The lowest BCUT2D eigenvalue weighted by Gasteiger charge is -2.06. The molecule has 32 heavy (non-hydrogen) atoms. The second kappa shape index (κ2) is 11.2. The number of benzene rings is 3. The molecule has 0 heterocycles. The number of rotatable bonds is 9. The minimum atomic E-state index is -0.474. The summed E-state index contributed by atoms with van der Waals surface area (Å²) in [7, 11) is 3.13. The standard InChI is InChI=1S/C24H22N2O6/c1-29-19-9-5-18(6-10-19)24(28)32-22-7-3-17(4-8-22)15-25-26-23(27)16-31-21-13-11-20(30-2)12-14-21/h3-15H,16H2,1-2H3,(H,26,27)/b25-15-. The lowest BCUT2D eigenvalue weighted by atomic mass is 10.2. The van der Waals surface area contributed by atoms with Crippen molar-refractivity contribution in [3.05, 3.63) is 83.9 Å². The van der Waals surface area contributed by atoms with E-state index in [4.69, 9.17) is 18.9 Å². The highest BCUT2D eigenvalue weighted by Gasteiger charge is 2.08. The number of methoxy groups -OCH3 is 2. The van der Waals surface area contributed by atoms with Crippen molar-refractivity contribution < 1.29 is 28.5 Å². The first-order chi connectivity index (χ1) is 15.6. The van der Waals surface area contributed by atoms with Crippen LogP contribution in [0.4, 0.5) is 0 Å². The highest BCUT2D eigenvalue weighted by atomic mass is 16.5. The Morgan fingerprint density at radius 2 is 1.31 bits per heavy atom. The fourth-order valence-corrected chi connectivity index (χ4v) is 2.55. The van der Waals surface area contributed by atoms with Gasteiger partial charge in [0.15, 0.2) is 6.61 Å². The van der Waals surface area contributed by atoms with E-state index in [-0.39, 0.29) is 6.61 Å². The van der Waals surface area contributed by atoms with Gasteiger partial charge in [-0.1, -0.05) is 0 Å². The molecule has 8 heteroatoms. The molecule has 0 aromatic heterocycles. The molecular formula is C24H22N2O6. The summed E-state index contributed by atoms with van der Waals surface area (Å²) in [5.41, 5.74) is 3.51. The highest BCUT2D eigenvalue weighted by Crippen LogP contribution is 2.17. The quantitative estimate of drug-likeness (QED) is 0.240. The summed E-state index contributed by atoms with van der Waals surface area (Å²) >= 11 is 0. The van der Waals surface area contributed by atoms with Crippen molar-refractivity contribution in [1.29, 1.82) is 0 Å². The van der Waals surface area contributed by atoms with Crippen LogP contribution in [0.5, 0.6) is 23.0 Å². The number of carbonyl (C=O) groups excluding carboxylic acids is 2. The van der Waals surface area contributed by atoms with Gasteiger partial charge in [-0.25, -0.2) is 10.2 Å². The first-order valence-electron chi connectivity index (χ1n) is 9.62. The summed E-state index contributed by atoms with van der Waals surface area (Å²) in [5.74, 6) is 1.42. The Bertz CT molecular complexity index is 1060. The van der Waals surface area contributed by atoms with Crippen LogP contribution in [0.3, 0.4) is 0 Å². The third-order valence-corrected chi connectivity index (χ3v) is 4.25. The molecule has 0 aliphatic carbocycles. The minimum Gasteiger partial charge on any atom is -0.497 e. The largest absolute Gasteiger partial charge is 0.497 e. The molecule has 1 amide bonds. The van der Waals surface area contributed by atoms with Crippen LogP contribution in [0.25, 0.3) is 0 Å². The lowest BCUT2D eigenvalue weighted by molar-refractivity contribution is -0.123. The molecule has 0 atom stereocenters. The number of esters is 1. The van der Waals surface area contributed by atoms with Crippen molar-refractivity contribution in [1.82, 2.24) is 5.43 Å². The van der Waals surface area contributed by atoms with Gasteiger partial charge in [0.25, 0.3) is 5.91 Å². The van der Waals surface area contributed by atoms with E-state index >= 15 is 0 Å². The predicted molar refractivity (Wildman–Crippen MR) is 119 cm³/mol. The van der Waals surface area contributed by atoms with Crippen LogP contribution in [0.15, 0.2) is 77.9 Å². The van der Waals surface area contributed by atoms with Crippen LogP contribution < -0.4 is 24.4 Å². The predicted octanol–water partition coefficient (Wildman–Crippen LogP) is 3.45. The lowest BCUT2D eigenvalue weighted by Crippen LogP contribution is -2.24. The third-order valence-electron chi connectivity index (χ3n) is 4.25. The minimum absolute atomic E-state index is 0.177.